The van der Waals surface area contributed by atoms with Crippen LogP contribution in [0.4, 0.5) is 11.4 Å². The number of nitrogens with one attached hydrogen (secondary N) is 1. The van der Waals surface area contributed by atoms with Crippen molar-refractivity contribution in [1.29, 1.82) is 0 Å². The lowest BCUT2D eigenvalue weighted by molar-refractivity contribution is -0.384. The third-order valence-electron chi connectivity index (χ3n) is 3.94. The Labute approximate surface area is 157 Å². The van der Waals surface area contributed by atoms with Gasteiger partial charge in [0.15, 0.2) is 0 Å². The van der Waals surface area contributed by atoms with Crippen LogP contribution in [0.1, 0.15) is 10.4 Å². The Hall–Kier alpha value is -4.08. The lowest BCUT2D eigenvalue weighted by atomic mass is 10.2. The highest BCUT2D eigenvalue weighted by Crippen LogP contribution is 2.17. The topological polar surface area (TPSA) is 133 Å². The molecule has 1 heterocycles. The standard InChI is InChI=1S/C18H14N4O6/c1-28-18(25)12-4-2-3-5-15(12)20-16(23)9-21-10-19-14-7-6-11(22(26)27)8-13(14)17(21)24/h2-8,10H,9H2,1H3,(H,20,23). The summed E-state index contributed by atoms with van der Waals surface area (Å²) >= 11 is 0. The smallest absolute Gasteiger partial charge is 0.339 e. The Morgan fingerprint density at radius 2 is 2.00 bits per heavy atom. The molecule has 0 spiro atoms. The molecule has 1 amide bonds. The van der Waals surface area contributed by atoms with Crippen molar-refractivity contribution in [3.8, 4) is 0 Å². The van der Waals surface area contributed by atoms with Crippen LogP contribution in [0.3, 0.4) is 0 Å². The highest BCUT2D eigenvalue weighted by atomic mass is 16.6. The Morgan fingerprint density at radius 1 is 1.25 bits per heavy atom. The molecule has 0 atom stereocenters. The fraction of sp³-hybridized carbons (Fsp3) is 0.111. The molecule has 2 aromatic carbocycles. The summed E-state index contributed by atoms with van der Waals surface area (Å²) in [7, 11) is 1.22. The summed E-state index contributed by atoms with van der Waals surface area (Å²) in [5.41, 5.74) is -0.163. The van der Waals surface area contributed by atoms with Crippen LogP contribution < -0.4 is 10.9 Å². The highest BCUT2D eigenvalue weighted by molar-refractivity contribution is 6.01. The number of carbonyl (C=O) groups excluding carboxylic acids is 2. The summed E-state index contributed by atoms with van der Waals surface area (Å²) in [4.78, 5) is 51.0. The Kier molecular flexibility index (Phi) is 5.12. The van der Waals surface area contributed by atoms with Crippen molar-refractivity contribution in [2.45, 2.75) is 6.54 Å². The number of non-ortho nitro benzene ring substituents is 1. The molecule has 142 valence electrons. The van der Waals surface area contributed by atoms with Gasteiger partial charge in [-0.3, -0.25) is 24.3 Å². The van der Waals surface area contributed by atoms with E-state index in [4.69, 9.17) is 0 Å². The molecule has 1 aromatic heterocycles. The van der Waals surface area contributed by atoms with E-state index in [1.807, 2.05) is 0 Å². The van der Waals surface area contributed by atoms with Gasteiger partial charge in [0.2, 0.25) is 5.91 Å². The second-order valence-corrected chi connectivity index (χ2v) is 5.72. The van der Waals surface area contributed by atoms with E-state index in [0.29, 0.717) is 0 Å². The highest BCUT2D eigenvalue weighted by Gasteiger charge is 2.15. The minimum absolute atomic E-state index is 0.0273. The predicted octanol–water partition coefficient (Wildman–Crippen LogP) is 1.73. The van der Waals surface area contributed by atoms with Crippen LogP contribution in [0.2, 0.25) is 0 Å². The van der Waals surface area contributed by atoms with E-state index in [1.165, 1.54) is 37.7 Å². The van der Waals surface area contributed by atoms with Gasteiger partial charge in [0, 0.05) is 12.1 Å². The normalized spacial score (nSPS) is 10.5. The van der Waals surface area contributed by atoms with Crippen LogP contribution in [0, 0.1) is 10.1 Å². The molecule has 10 heteroatoms. The summed E-state index contributed by atoms with van der Waals surface area (Å²) in [5.74, 6) is -1.20. The van der Waals surface area contributed by atoms with E-state index < -0.39 is 22.4 Å². The quantitative estimate of drug-likeness (QED) is 0.403. The number of hydrogen-bond donors (Lipinski definition) is 1. The third-order valence-corrected chi connectivity index (χ3v) is 3.94. The number of para-hydroxylation sites is 1. The van der Waals surface area contributed by atoms with Crippen LogP contribution in [0.25, 0.3) is 10.9 Å². The van der Waals surface area contributed by atoms with Gasteiger partial charge in [-0.05, 0) is 18.2 Å². The van der Waals surface area contributed by atoms with Gasteiger partial charge in [-0.25, -0.2) is 9.78 Å². The minimum atomic E-state index is -0.618. The number of aromatic nitrogens is 2. The number of anilines is 1. The van der Waals surface area contributed by atoms with Gasteiger partial charge in [0.05, 0.1) is 40.5 Å². The first kappa shape index (κ1) is 18.7. The zero-order valence-corrected chi connectivity index (χ0v) is 14.6. The van der Waals surface area contributed by atoms with Crippen molar-refractivity contribution in [2.24, 2.45) is 0 Å². The molecule has 10 nitrogen and oxygen atoms in total. The Bertz CT molecular complexity index is 1150. The second kappa shape index (κ2) is 7.66. The van der Waals surface area contributed by atoms with Gasteiger partial charge in [-0.2, -0.15) is 0 Å². The van der Waals surface area contributed by atoms with E-state index in [0.717, 1.165) is 10.6 Å². The van der Waals surface area contributed by atoms with Crippen LogP contribution in [-0.2, 0) is 16.1 Å². The zero-order valence-electron chi connectivity index (χ0n) is 14.6. The number of rotatable bonds is 5. The van der Waals surface area contributed by atoms with Crippen molar-refractivity contribution >= 4 is 34.2 Å². The largest absolute Gasteiger partial charge is 0.465 e. The molecule has 0 radical (unpaired) electrons. The predicted molar refractivity (Wildman–Crippen MR) is 99.1 cm³/mol. The van der Waals surface area contributed by atoms with Crippen molar-refractivity contribution < 1.29 is 19.2 Å². The summed E-state index contributed by atoms with van der Waals surface area (Å²) in [6.45, 7) is -0.389. The number of methoxy groups -OCH3 is 1. The number of nitro groups is 1. The summed E-state index contributed by atoms with van der Waals surface area (Å²) in [6.07, 6.45) is 1.18. The lowest BCUT2D eigenvalue weighted by Gasteiger charge is -2.10. The molecule has 0 unspecified atom stereocenters. The number of esters is 1. The summed E-state index contributed by atoms with van der Waals surface area (Å²) in [5, 5.41) is 13.5. The van der Waals surface area contributed by atoms with E-state index in [1.54, 1.807) is 12.1 Å². The van der Waals surface area contributed by atoms with Gasteiger partial charge in [0.25, 0.3) is 11.2 Å². The van der Waals surface area contributed by atoms with Crippen LogP contribution in [-0.4, -0.2) is 33.5 Å². The van der Waals surface area contributed by atoms with Crippen molar-refractivity contribution in [2.75, 3.05) is 12.4 Å². The lowest BCUT2D eigenvalue weighted by Crippen LogP contribution is -2.28. The second-order valence-electron chi connectivity index (χ2n) is 5.72. The Balaban J connectivity index is 1.88. The molecular formula is C18H14N4O6. The molecule has 3 rings (SSSR count). The SMILES string of the molecule is COC(=O)c1ccccc1NC(=O)Cn1cnc2ccc([N+](=O)[O-])cc2c1=O. The number of nitro benzene ring substituents is 1. The molecule has 0 aliphatic rings. The maximum absolute atomic E-state index is 12.6. The van der Waals surface area contributed by atoms with Gasteiger partial charge in [-0.15, -0.1) is 0 Å². The van der Waals surface area contributed by atoms with E-state index in [9.17, 15) is 24.5 Å². The minimum Gasteiger partial charge on any atom is -0.465 e. The maximum Gasteiger partial charge on any atom is 0.339 e. The Morgan fingerprint density at radius 3 is 2.71 bits per heavy atom. The fourth-order valence-electron chi connectivity index (χ4n) is 2.60. The molecule has 0 aliphatic carbocycles. The number of carbonyl (C=O) groups is 2. The van der Waals surface area contributed by atoms with Gasteiger partial charge < -0.3 is 10.1 Å². The molecule has 0 saturated carbocycles. The van der Waals surface area contributed by atoms with Crippen LogP contribution in [0.5, 0.6) is 0 Å². The van der Waals surface area contributed by atoms with Crippen molar-refractivity contribution in [1.82, 2.24) is 9.55 Å². The molecule has 0 aliphatic heterocycles. The fourth-order valence-corrected chi connectivity index (χ4v) is 2.60. The molecule has 0 saturated heterocycles. The monoisotopic (exact) mass is 382 g/mol. The number of nitrogens with zero attached hydrogens (tertiary/aromatic N) is 3. The number of hydrogen-bond acceptors (Lipinski definition) is 7. The average molecular weight is 382 g/mol. The third kappa shape index (κ3) is 3.70. The van der Waals surface area contributed by atoms with Crippen LogP contribution >= 0.6 is 0 Å². The number of ether oxygens (including phenoxy) is 1. The average Bonchev–Trinajstić information content (AvgIpc) is 2.69. The summed E-state index contributed by atoms with van der Waals surface area (Å²) in [6, 6.07) is 9.99. The summed E-state index contributed by atoms with van der Waals surface area (Å²) < 4.78 is 5.69. The van der Waals surface area contributed by atoms with Gasteiger partial charge in [-0.1, -0.05) is 12.1 Å². The number of fused-ring (bicyclic) bond motifs is 1. The first-order valence-corrected chi connectivity index (χ1v) is 8.01. The number of amides is 1. The first-order chi connectivity index (χ1) is 13.4. The molecular weight excluding hydrogens is 368 g/mol. The zero-order chi connectivity index (χ0) is 20.3. The van der Waals surface area contributed by atoms with Crippen LogP contribution in [0.15, 0.2) is 53.6 Å². The first-order valence-electron chi connectivity index (χ1n) is 8.01. The molecule has 3 aromatic rings. The number of benzene rings is 2. The molecule has 1 N–H and O–H groups in total. The van der Waals surface area contributed by atoms with Crippen molar-refractivity contribution in [3.05, 3.63) is 74.8 Å². The molecule has 0 bridgehead atoms. The van der Waals surface area contributed by atoms with Crippen molar-refractivity contribution in [3.63, 3.8) is 0 Å². The maximum atomic E-state index is 12.6. The molecule has 28 heavy (non-hydrogen) atoms. The van der Waals surface area contributed by atoms with Gasteiger partial charge >= 0.3 is 5.97 Å². The van der Waals surface area contributed by atoms with E-state index >= 15 is 0 Å². The van der Waals surface area contributed by atoms with Gasteiger partial charge in [0.1, 0.15) is 6.54 Å². The van der Waals surface area contributed by atoms with E-state index in [-0.39, 0.29) is 34.4 Å². The molecule has 0 fully saturated rings. The van der Waals surface area contributed by atoms with E-state index in [2.05, 4.69) is 15.0 Å².